The van der Waals surface area contributed by atoms with Crippen molar-refractivity contribution in [2.45, 2.75) is 0 Å². The molecule has 2 rings (SSSR count). The molecule has 0 unspecified atom stereocenters. The van der Waals surface area contributed by atoms with Crippen molar-refractivity contribution >= 4 is 29.2 Å². The van der Waals surface area contributed by atoms with Crippen molar-refractivity contribution in [3.63, 3.8) is 0 Å². The molecular formula is C15H14ClN3O4. The van der Waals surface area contributed by atoms with Gasteiger partial charge < -0.3 is 19.4 Å². The molecule has 1 aromatic carbocycles. The number of aromatic nitrogens is 2. The highest BCUT2D eigenvalue weighted by Gasteiger charge is 2.13. The number of imidazole rings is 1. The molecule has 0 aliphatic carbocycles. The van der Waals surface area contributed by atoms with Gasteiger partial charge in [0.2, 0.25) is 0 Å². The summed E-state index contributed by atoms with van der Waals surface area (Å²) in [4.78, 5) is 27.0. The summed E-state index contributed by atoms with van der Waals surface area (Å²) >= 11 is 6.23. The Bertz CT molecular complexity index is 741. The molecule has 0 atom stereocenters. The molecule has 1 N–H and O–H groups in total. The number of rotatable bonds is 5. The van der Waals surface area contributed by atoms with E-state index in [1.165, 1.54) is 14.2 Å². The van der Waals surface area contributed by atoms with Gasteiger partial charge in [0, 0.05) is 18.1 Å². The topological polar surface area (TPSA) is 82.5 Å². The summed E-state index contributed by atoms with van der Waals surface area (Å²) in [6.45, 7) is 0. The number of esters is 2. The van der Waals surface area contributed by atoms with Crippen LogP contribution in [0.5, 0.6) is 0 Å². The fourth-order valence-electron chi connectivity index (χ4n) is 1.78. The number of anilines is 1. The lowest BCUT2D eigenvalue weighted by Gasteiger charge is -2.11. The van der Waals surface area contributed by atoms with Crippen LogP contribution in [-0.2, 0) is 19.1 Å². The average molecular weight is 336 g/mol. The Morgan fingerprint density at radius 3 is 2.65 bits per heavy atom. The van der Waals surface area contributed by atoms with E-state index in [0.29, 0.717) is 10.7 Å². The second-order valence-corrected chi connectivity index (χ2v) is 4.74. The smallest absolute Gasteiger partial charge is 0.354 e. The number of hydrogen-bond donors (Lipinski definition) is 1. The molecule has 0 aliphatic rings. The van der Waals surface area contributed by atoms with Crippen LogP contribution < -0.4 is 5.32 Å². The highest BCUT2D eigenvalue weighted by molar-refractivity contribution is 6.32. The Balaban J connectivity index is 2.27. The van der Waals surface area contributed by atoms with Gasteiger partial charge in [0.05, 0.1) is 37.3 Å². The number of nitrogens with zero attached hydrogens (tertiary/aromatic N) is 2. The SMILES string of the molecule is COC(=O)/C=C(/Nc1ccc(-n2ccnc2)c(Cl)c1)C(=O)OC. The van der Waals surface area contributed by atoms with Gasteiger partial charge in [-0.2, -0.15) is 0 Å². The Hall–Kier alpha value is -2.80. The largest absolute Gasteiger partial charge is 0.466 e. The van der Waals surface area contributed by atoms with Crippen molar-refractivity contribution in [1.82, 2.24) is 9.55 Å². The second-order valence-electron chi connectivity index (χ2n) is 4.33. The zero-order valence-corrected chi connectivity index (χ0v) is 13.2. The molecule has 0 fully saturated rings. The number of benzene rings is 1. The summed E-state index contributed by atoms with van der Waals surface area (Å²) in [7, 11) is 2.43. The van der Waals surface area contributed by atoms with Crippen molar-refractivity contribution in [3.8, 4) is 5.69 Å². The van der Waals surface area contributed by atoms with Crippen molar-refractivity contribution in [3.05, 3.63) is 53.7 Å². The van der Waals surface area contributed by atoms with Gasteiger partial charge in [-0.05, 0) is 18.2 Å². The zero-order chi connectivity index (χ0) is 16.8. The Kier molecular flexibility index (Phi) is 5.37. The molecular weight excluding hydrogens is 322 g/mol. The van der Waals surface area contributed by atoms with E-state index in [0.717, 1.165) is 11.8 Å². The highest BCUT2D eigenvalue weighted by Crippen LogP contribution is 2.25. The first kappa shape index (κ1) is 16.6. The second kappa shape index (κ2) is 7.46. The van der Waals surface area contributed by atoms with Gasteiger partial charge in [0.15, 0.2) is 0 Å². The van der Waals surface area contributed by atoms with Crippen LogP contribution in [0.25, 0.3) is 5.69 Å². The first-order chi connectivity index (χ1) is 11.0. The van der Waals surface area contributed by atoms with E-state index in [2.05, 4.69) is 19.8 Å². The number of ether oxygens (including phenoxy) is 2. The lowest BCUT2D eigenvalue weighted by Crippen LogP contribution is -2.15. The number of nitrogens with one attached hydrogen (secondary N) is 1. The lowest BCUT2D eigenvalue weighted by atomic mass is 10.2. The van der Waals surface area contributed by atoms with Gasteiger partial charge in [-0.25, -0.2) is 14.6 Å². The molecule has 0 saturated heterocycles. The van der Waals surface area contributed by atoms with Crippen molar-refractivity contribution in [2.75, 3.05) is 19.5 Å². The molecule has 2 aromatic rings. The van der Waals surface area contributed by atoms with E-state index in [-0.39, 0.29) is 5.70 Å². The number of halogens is 1. The molecule has 0 saturated carbocycles. The van der Waals surface area contributed by atoms with E-state index in [4.69, 9.17) is 11.6 Å². The number of hydrogen-bond acceptors (Lipinski definition) is 6. The highest BCUT2D eigenvalue weighted by atomic mass is 35.5. The molecule has 7 nitrogen and oxygen atoms in total. The van der Waals surface area contributed by atoms with E-state index < -0.39 is 11.9 Å². The van der Waals surface area contributed by atoms with Crippen LogP contribution in [0.3, 0.4) is 0 Å². The molecule has 23 heavy (non-hydrogen) atoms. The van der Waals surface area contributed by atoms with Crippen LogP contribution in [0.4, 0.5) is 5.69 Å². The average Bonchev–Trinajstić information content (AvgIpc) is 3.07. The van der Waals surface area contributed by atoms with Crippen LogP contribution >= 0.6 is 11.6 Å². The summed E-state index contributed by atoms with van der Waals surface area (Å²) < 4.78 is 10.9. The normalized spacial score (nSPS) is 11.0. The summed E-state index contributed by atoms with van der Waals surface area (Å²) in [6, 6.07) is 5.07. The minimum Gasteiger partial charge on any atom is -0.466 e. The monoisotopic (exact) mass is 335 g/mol. The van der Waals surface area contributed by atoms with Crippen LogP contribution in [0, 0.1) is 0 Å². The quantitative estimate of drug-likeness (QED) is 0.666. The minimum atomic E-state index is -0.704. The van der Waals surface area contributed by atoms with E-state index >= 15 is 0 Å². The fraction of sp³-hybridized carbons (Fsp3) is 0.133. The fourth-order valence-corrected chi connectivity index (χ4v) is 2.06. The third-order valence-electron chi connectivity index (χ3n) is 2.88. The number of methoxy groups -OCH3 is 2. The molecule has 0 bridgehead atoms. The number of carbonyl (C=O) groups excluding carboxylic acids is 2. The van der Waals surface area contributed by atoms with E-state index in [9.17, 15) is 9.59 Å². The van der Waals surface area contributed by atoms with Gasteiger partial charge in [-0.3, -0.25) is 0 Å². The molecule has 0 aliphatic heterocycles. The Morgan fingerprint density at radius 1 is 1.30 bits per heavy atom. The maximum atomic E-state index is 11.7. The molecule has 1 aromatic heterocycles. The summed E-state index contributed by atoms with van der Waals surface area (Å²) in [6.07, 6.45) is 6.01. The van der Waals surface area contributed by atoms with E-state index in [1.807, 2.05) is 0 Å². The maximum Gasteiger partial charge on any atom is 0.354 e. The summed E-state index contributed by atoms with van der Waals surface area (Å²) in [5.74, 6) is -1.38. The first-order valence-electron chi connectivity index (χ1n) is 6.48. The Morgan fingerprint density at radius 2 is 2.09 bits per heavy atom. The summed E-state index contributed by atoms with van der Waals surface area (Å²) in [5.41, 5.74) is 1.18. The van der Waals surface area contributed by atoms with Crippen molar-refractivity contribution < 1.29 is 19.1 Å². The molecule has 0 amide bonds. The van der Waals surface area contributed by atoms with Crippen molar-refractivity contribution in [2.24, 2.45) is 0 Å². The van der Waals surface area contributed by atoms with Crippen molar-refractivity contribution in [1.29, 1.82) is 0 Å². The third-order valence-corrected chi connectivity index (χ3v) is 3.18. The lowest BCUT2D eigenvalue weighted by molar-refractivity contribution is -0.138. The standard InChI is InChI=1S/C15H14ClN3O4/c1-22-14(20)8-12(15(21)23-2)18-10-3-4-13(11(16)7-10)19-6-5-17-9-19/h3-9,18H,1-2H3/b12-8+. The van der Waals surface area contributed by atoms with Gasteiger partial charge in [0.25, 0.3) is 0 Å². The predicted molar refractivity (Wildman–Crippen MR) is 84.3 cm³/mol. The van der Waals surface area contributed by atoms with Gasteiger partial charge in [-0.1, -0.05) is 11.6 Å². The van der Waals surface area contributed by atoms with Gasteiger partial charge in [0.1, 0.15) is 5.70 Å². The van der Waals surface area contributed by atoms with Gasteiger partial charge >= 0.3 is 11.9 Å². The molecule has 8 heteroatoms. The maximum absolute atomic E-state index is 11.7. The van der Waals surface area contributed by atoms with Crippen LogP contribution in [0.15, 0.2) is 48.7 Å². The van der Waals surface area contributed by atoms with Crippen LogP contribution in [0.1, 0.15) is 0 Å². The van der Waals surface area contributed by atoms with Gasteiger partial charge in [-0.15, -0.1) is 0 Å². The van der Waals surface area contributed by atoms with E-state index in [1.54, 1.807) is 41.5 Å². The summed E-state index contributed by atoms with van der Waals surface area (Å²) in [5, 5.41) is 3.22. The molecule has 120 valence electrons. The predicted octanol–water partition coefficient (Wildman–Crippen LogP) is 2.17. The molecule has 0 radical (unpaired) electrons. The molecule has 0 spiro atoms. The minimum absolute atomic E-state index is 0.0641. The van der Waals surface area contributed by atoms with Crippen LogP contribution in [-0.4, -0.2) is 35.7 Å². The molecule has 1 heterocycles. The van der Waals surface area contributed by atoms with Crippen LogP contribution in [0.2, 0.25) is 5.02 Å². The Labute approximate surface area is 137 Å². The zero-order valence-electron chi connectivity index (χ0n) is 12.4. The third kappa shape index (κ3) is 4.10. The first-order valence-corrected chi connectivity index (χ1v) is 6.86. The number of carbonyl (C=O) groups is 2.